The molecule has 0 aliphatic carbocycles. The molecule has 1 aliphatic heterocycles. The highest BCUT2D eigenvalue weighted by Gasteiger charge is 2.42. The Labute approximate surface area is 93.0 Å². The van der Waals surface area contributed by atoms with Gasteiger partial charge in [0.25, 0.3) is 0 Å². The van der Waals surface area contributed by atoms with Crippen LogP contribution in [0.4, 0.5) is 4.39 Å². The molecule has 15 heavy (non-hydrogen) atoms. The number of likely N-dealkylation sites (N-methyl/N-ethyl adjacent to an activating group) is 1. The van der Waals surface area contributed by atoms with Crippen LogP contribution in [0.2, 0.25) is 0 Å². The van der Waals surface area contributed by atoms with Gasteiger partial charge in [-0.3, -0.25) is 0 Å². The summed E-state index contributed by atoms with van der Waals surface area (Å²) < 4.78 is 21.2. The number of halogens is 1. The Hall–Kier alpha value is -0.900. The van der Waals surface area contributed by atoms with Crippen LogP contribution in [-0.4, -0.2) is 29.7 Å². The number of aryl methyl sites for hydroxylation is 1. The molecule has 0 aromatic carbocycles. The maximum absolute atomic E-state index is 13.6. The molecule has 0 atom stereocenters. The van der Waals surface area contributed by atoms with Gasteiger partial charge in [0.1, 0.15) is 12.6 Å². The first-order valence-corrected chi connectivity index (χ1v) is 5.79. The van der Waals surface area contributed by atoms with Crippen LogP contribution in [-0.2, 0) is 4.74 Å². The smallest absolute Gasteiger partial charge is 0.374 e. The standard InChI is InChI=1S/C11H15FNOS/c1-7-9(8(12)5-15-7)10-13(4)11(2,3)6-14-10/h5H,6H2,1-4H3/q+1. The van der Waals surface area contributed by atoms with Crippen molar-refractivity contribution in [2.75, 3.05) is 13.7 Å². The molecule has 4 heteroatoms. The van der Waals surface area contributed by atoms with Crippen molar-refractivity contribution in [2.24, 2.45) is 0 Å². The lowest BCUT2D eigenvalue weighted by Gasteiger charge is -2.09. The van der Waals surface area contributed by atoms with E-state index in [2.05, 4.69) is 13.8 Å². The summed E-state index contributed by atoms with van der Waals surface area (Å²) in [4.78, 5) is 0.965. The SMILES string of the molecule is Cc1scc(F)c1C1=[N+](C)C(C)(C)CO1. The molecule has 2 nitrogen and oxygen atoms in total. The van der Waals surface area contributed by atoms with Crippen molar-refractivity contribution < 1.29 is 13.7 Å². The third-order valence-electron chi connectivity index (χ3n) is 2.92. The molecule has 0 saturated heterocycles. The minimum absolute atomic E-state index is 0.0594. The maximum Gasteiger partial charge on any atom is 0.374 e. The summed E-state index contributed by atoms with van der Waals surface area (Å²) in [5.74, 6) is 0.480. The number of thiophene rings is 1. The molecule has 0 saturated carbocycles. The Morgan fingerprint density at radius 3 is 2.60 bits per heavy atom. The third-order valence-corrected chi connectivity index (χ3v) is 3.80. The van der Waals surface area contributed by atoms with Gasteiger partial charge in [-0.2, -0.15) is 4.58 Å². The van der Waals surface area contributed by atoms with Crippen molar-refractivity contribution in [1.82, 2.24) is 0 Å². The Balaban J connectivity index is 2.54. The van der Waals surface area contributed by atoms with Crippen molar-refractivity contribution in [1.29, 1.82) is 0 Å². The van der Waals surface area contributed by atoms with E-state index in [9.17, 15) is 4.39 Å². The second-order valence-electron chi connectivity index (χ2n) is 4.48. The first-order valence-electron chi connectivity index (χ1n) is 4.91. The van der Waals surface area contributed by atoms with E-state index in [1.807, 2.05) is 18.5 Å². The summed E-state index contributed by atoms with van der Waals surface area (Å²) in [6.45, 7) is 6.69. The van der Waals surface area contributed by atoms with Crippen LogP contribution in [0.5, 0.6) is 0 Å². The molecule has 2 rings (SSSR count). The van der Waals surface area contributed by atoms with Crippen molar-refractivity contribution in [3.8, 4) is 0 Å². The van der Waals surface area contributed by atoms with Gasteiger partial charge in [0, 0.05) is 24.1 Å². The highest BCUT2D eigenvalue weighted by molar-refractivity contribution is 7.10. The lowest BCUT2D eigenvalue weighted by molar-refractivity contribution is -0.562. The Morgan fingerprint density at radius 2 is 2.20 bits per heavy atom. The highest BCUT2D eigenvalue weighted by Crippen LogP contribution is 2.26. The average molecular weight is 228 g/mol. The molecule has 0 fully saturated rings. The summed E-state index contributed by atoms with van der Waals surface area (Å²) in [6, 6.07) is 0. The van der Waals surface area contributed by atoms with Crippen molar-refractivity contribution in [3.63, 3.8) is 0 Å². The van der Waals surface area contributed by atoms with Crippen molar-refractivity contribution >= 4 is 17.2 Å². The van der Waals surface area contributed by atoms with E-state index in [4.69, 9.17) is 4.74 Å². The predicted octanol–water partition coefficient (Wildman–Crippen LogP) is 2.39. The largest absolute Gasteiger partial charge is 0.437 e. The molecule has 0 radical (unpaired) electrons. The number of hydrogen-bond acceptors (Lipinski definition) is 2. The monoisotopic (exact) mass is 228 g/mol. The van der Waals surface area contributed by atoms with Gasteiger partial charge in [-0.15, -0.1) is 11.3 Å². The van der Waals surface area contributed by atoms with E-state index in [0.717, 1.165) is 4.88 Å². The zero-order valence-electron chi connectivity index (χ0n) is 9.43. The fraction of sp³-hybridized carbons (Fsp3) is 0.545. The van der Waals surface area contributed by atoms with Gasteiger partial charge >= 0.3 is 5.90 Å². The summed E-state index contributed by atoms with van der Waals surface area (Å²) in [6.07, 6.45) is 0. The second-order valence-corrected chi connectivity index (χ2v) is 5.56. The molecule has 1 aromatic rings. The quantitative estimate of drug-likeness (QED) is 0.672. The normalized spacial score (nSPS) is 19.5. The molecule has 0 bridgehead atoms. The first-order chi connectivity index (χ1) is 6.93. The van der Waals surface area contributed by atoms with E-state index in [-0.39, 0.29) is 11.4 Å². The first kappa shape index (κ1) is 10.6. The summed E-state index contributed by atoms with van der Waals surface area (Å²) >= 11 is 1.42. The van der Waals surface area contributed by atoms with Crippen LogP contribution in [0.25, 0.3) is 0 Å². The van der Waals surface area contributed by atoms with Gasteiger partial charge < -0.3 is 4.74 Å². The number of rotatable bonds is 1. The zero-order valence-corrected chi connectivity index (χ0v) is 10.2. The van der Waals surface area contributed by atoms with Gasteiger partial charge in [-0.25, -0.2) is 4.39 Å². The van der Waals surface area contributed by atoms with Crippen LogP contribution < -0.4 is 0 Å². The average Bonchev–Trinajstić information content (AvgIpc) is 2.59. The van der Waals surface area contributed by atoms with Gasteiger partial charge in [-0.1, -0.05) is 0 Å². The van der Waals surface area contributed by atoms with Gasteiger partial charge in [0.2, 0.25) is 0 Å². The minimum atomic E-state index is -0.183. The van der Waals surface area contributed by atoms with Crippen LogP contribution in [0.15, 0.2) is 5.38 Å². The maximum atomic E-state index is 13.6. The molecule has 2 heterocycles. The van der Waals surface area contributed by atoms with E-state index in [0.29, 0.717) is 18.1 Å². The Morgan fingerprint density at radius 1 is 1.53 bits per heavy atom. The van der Waals surface area contributed by atoms with Crippen molar-refractivity contribution in [2.45, 2.75) is 26.3 Å². The number of nitrogens with zero attached hydrogens (tertiary/aromatic N) is 1. The molecule has 0 amide bonds. The van der Waals surface area contributed by atoms with Gasteiger partial charge in [0.15, 0.2) is 18.0 Å². The van der Waals surface area contributed by atoms with Gasteiger partial charge in [-0.05, 0) is 6.92 Å². The third kappa shape index (κ3) is 1.57. The molecule has 82 valence electrons. The molecule has 0 spiro atoms. The number of hydrogen-bond donors (Lipinski definition) is 0. The second kappa shape index (κ2) is 3.30. The number of ether oxygens (including phenoxy) is 1. The molecular formula is C11H15FNOS+. The molecule has 1 aromatic heterocycles. The highest BCUT2D eigenvalue weighted by atomic mass is 32.1. The van der Waals surface area contributed by atoms with Crippen molar-refractivity contribution in [3.05, 3.63) is 21.6 Å². The Bertz CT molecular complexity index is 414. The summed E-state index contributed by atoms with van der Waals surface area (Å²) in [7, 11) is 1.94. The summed E-state index contributed by atoms with van der Waals surface area (Å²) in [5.41, 5.74) is 0.559. The molecular weight excluding hydrogens is 213 g/mol. The molecule has 0 unspecified atom stereocenters. The van der Waals surface area contributed by atoms with Crippen LogP contribution in [0.3, 0.4) is 0 Å². The van der Waals surface area contributed by atoms with E-state index in [1.54, 1.807) is 0 Å². The van der Waals surface area contributed by atoms with E-state index in [1.165, 1.54) is 16.7 Å². The lowest BCUT2D eigenvalue weighted by atomic mass is 10.1. The van der Waals surface area contributed by atoms with E-state index < -0.39 is 0 Å². The van der Waals surface area contributed by atoms with Crippen LogP contribution >= 0.6 is 11.3 Å². The fourth-order valence-electron chi connectivity index (χ4n) is 1.63. The van der Waals surface area contributed by atoms with Crippen LogP contribution in [0, 0.1) is 12.7 Å². The van der Waals surface area contributed by atoms with Crippen LogP contribution in [0.1, 0.15) is 24.3 Å². The summed E-state index contributed by atoms with van der Waals surface area (Å²) in [5, 5.41) is 1.53. The molecule has 0 N–H and O–H groups in total. The van der Waals surface area contributed by atoms with Gasteiger partial charge in [0.05, 0.1) is 0 Å². The zero-order chi connectivity index (χ0) is 11.2. The fourth-order valence-corrected chi connectivity index (χ4v) is 2.33. The topological polar surface area (TPSA) is 12.2 Å². The Kier molecular flexibility index (Phi) is 2.34. The predicted molar refractivity (Wildman–Crippen MR) is 59.3 cm³/mol. The van der Waals surface area contributed by atoms with E-state index >= 15 is 0 Å². The molecule has 1 aliphatic rings. The minimum Gasteiger partial charge on any atom is -0.437 e. The lowest BCUT2D eigenvalue weighted by Crippen LogP contribution is -2.33.